The number of para-hydroxylation sites is 1. The van der Waals surface area contributed by atoms with Gasteiger partial charge in [0.25, 0.3) is 0 Å². The zero-order valence-corrected chi connectivity index (χ0v) is 15.9. The summed E-state index contributed by atoms with van der Waals surface area (Å²) in [4.78, 5) is 24.7. The van der Waals surface area contributed by atoms with Gasteiger partial charge in [0, 0.05) is 11.1 Å². The molecule has 6 nitrogen and oxygen atoms in total. The summed E-state index contributed by atoms with van der Waals surface area (Å²) in [6.07, 6.45) is 4.37. The van der Waals surface area contributed by atoms with Crippen molar-refractivity contribution in [2.75, 3.05) is 11.9 Å². The first-order valence-electron chi connectivity index (χ1n) is 8.63. The minimum Gasteiger partial charge on any atom is -0.462 e. The van der Waals surface area contributed by atoms with Gasteiger partial charge in [0.1, 0.15) is 5.56 Å². The first kappa shape index (κ1) is 19.4. The average molecular weight is 396 g/mol. The van der Waals surface area contributed by atoms with Crippen molar-refractivity contribution >= 4 is 35.4 Å². The van der Waals surface area contributed by atoms with Crippen molar-refractivity contribution in [2.45, 2.75) is 6.92 Å². The van der Waals surface area contributed by atoms with Crippen LogP contribution in [0.15, 0.2) is 66.9 Å². The summed E-state index contributed by atoms with van der Waals surface area (Å²) >= 11 is 5.95. The van der Waals surface area contributed by atoms with E-state index < -0.39 is 11.9 Å². The fourth-order valence-electron chi connectivity index (χ4n) is 2.53. The van der Waals surface area contributed by atoms with Crippen molar-refractivity contribution in [1.29, 1.82) is 0 Å². The molecule has 3 rings (SSSR count). The number of halogens is 1. The molecule has 7 heteroatoms. The number of ether oxygens (including phenoxy) is 1. The van der Waals surface area contributed by atoms with Crippen LogP contribution < -0.4 is 5.32 Å². The molecule has 0 spiro atoms. The van der Waals surface area contributed by atoms with E-state index in [0.29, 0.717) is 10.7 Å². The maximum atomic E-state index is 12.5. The lowest BCUT2D eigenvalue weighted by Gasteiger charge is -2.10. The molecular weight excluding hydrogens is 378 g/mol. The predicted molar refractivity (Wildman–Crippen MR) is 109 cm³/mol. The lowest BCUT2D eigenvalue weighted by molar-refractivity contribution is -0.111. The lowest BCUT2D eigenvalue weighted by Crippen LogP contribution is -2.16. The molecule has 0 saturated heterocycles. The first-order valence-corrected chi connectivity index (χ1v) is 9.01. The molecule has 0 unspecified atom stereocenters. The number of esters is 1. The summed E-state index contributed by atoms with van der Waals surface area (Å²) in [5, 5.41) is 7.53. The molecule has 3 aromatic rings. The van der Waals surface area contributed by atoms with Gasteiger partial charge in [-0.3, -0.25) is 4.79 Å². The van der Waals surface area contributed by atoms with Crippen LogP contribution in [0, 0.1) is 0 Å². The number of nitrogens with one attached hydrogen (secondary N) is 1. The summed E-state index contributed by atoms with van der Waals surface area (Å²) in [7, 11) is 0. The van der Waals surface area contributed by atoms with Crippen LogP contribution in [0.2, 0.25) is 5.02 Å². The van der Waals surface area contributed by atoms with Crippen molar-refractivity contribution in [1.82, 2.24) is 9.78 Å². The van der Waals surface area contributed by atoms with Crippen molar-refractivity contribution in [3.63, 3.8) is 0 Å². The number of aromatic nitrogens is 2. The molecule has 0 bridgehead atoms. The Labute approximate surface area is 167 Å². The normalized spacial score (nSPS) is 10.8. The fraction of sp³-hybridized carbons (Fsp3) is 0.0952. The van der Waals surface area contributed by atoms with E-state index in [0.717, 1.165) is 5.56 Å². The number of nitrogens with zero attached hydrogens (tertiary/aromatic N) is 2. The predicted octanol–water partition coefficient (Wildman–Crippen LogP) is 4.35. The summed E-state index contributed by atoms with van der Waals surface area (Å²) < 4.78 is 6.55. The molecule has 0 aliphatic carbocycles. The van der Waals surface area contributed by atoms with Crippen LogP contribution in [0.4, 0.5) is 5.82 Å². The van der Waals surface area contributed by atoms with E-state index in [2.05, 4.69) is 10.4 Å². The minimum atomic E-state index is -0.557. The van der Waals surface area contributed by atoms with Gasteiger partial charge >= 0.3 is 5.97 Å². The van der Waals surface area contributed by atoms with Crippen molar-refractivity contribution in [3.8, 4) is 5.69 Å². The number of carbonyl (C=O) groups is 2. The van der Waals surface area contributed by atoms with E-state index in [4.69, 9.17) is 16.3 Å². The molecule has 2 aromatic carbocycles. The van der Waals surface area contributed by atoms with Crippen LogP contribution >= 0.6 is 11.6 Å². The van der Waals surface area contributed by atoms with Gasteiger partial charge in [-0.15, -0.1) is 0 Å². The summed E-state index contributed by atoms with van der Waals surface area (Å²) in [6.45, 7) is 1.93. The van der Waals surface area contributed by atoms with Crippen molar-refractivity contribution < 1.29 is 14.3 Å². The number of rotatable bonds is 6. The number of carbonyl (C=O) groups excluding carboxylic acids is 2. The molecule has 1 aromatic heterocycles. The van der Waals surface area contributed by atoms with Crippen LogP contribution in [0.1, 0.15) is 22.8 Å². The quantitative estimate of drug-likeness (QED) is 0.497. The van der Waals surface area contributed by atoms with Crippen LogP contribution in [-0.2, 0) is 9.53 Å². The standard InChI is InChI=1S/C21H18ClN3O3/c1-2-28-21(27)18-14-23-25(17-9-4-3-5-10-17)20(18)24-19(26)12-11-15-7-6-8-16(22)13-15/h3-14H,2H2,1H3,(H,24,26). The molecule has 0 atom stereocenters. The number of amides is 1. The van der Waals surface area contributed by atoms with Gasteiger partial charge in [0.05, 0.1) is 18.5 Å². The number of anilines is 1. The third-order valence-corrected chi connectivity index (χ3v) is 4.02. The molecule has 0 fully saturated rings. The largest absolute Gasteiger partial charge is 0.462 e. The second kappa shape index (κ2) is 9.01. The lowest BCUT2D eigenvalue weighted by atomic mass is 10.2. The van der Waals surface area contributed by atoms with Crippen LogP contribution in [0.5, 0.6) is 0 Å². The second-order valence-electron chi connectivity index (χ2n) is 5.75. The Morgan fingerprint density at radius 1 is 1.18 bits per heavy atom. The maximum Gasteiger partial charge on any atom is 0.343 e. The van der Waals surface area contributed by atoms with E-state index in [1.54, 1.807) is 31.2 Å². The smallest absolute Gasteiger partial charge is 0.343 e. The number of hydrogen-bond acceptors (Lipinski definition) is 4. The summed E-state index contributed by atoms with van der Waals surface area (Å²) in [5.41, 5.74) is 1.66. The molecule has 0 saturated carbocycles. The Hall–Kier alpha value is -3.38. The van der Waals surface area contributed by atoms with Gasteiger partial charge < -0.3 is 10.1 Å². The highest BCUT2D eigenvalue weighted by Crippen LogP contribution is 2.21. The summed E-state index contributed by atoms with van der Waals surface area (Å²) in [6, 6.07) is 16.3. The van der Waals surface area contributed by atoms with Crippen LogP contribution in [0.3, 0.4) is 0 Å². The van der Waals surface area contributed by atoms with Crippen molar-refractivity contribution in [2.24, 2.45) is 0 Å². The van der Waals surface area contributed by atoms with Gasteiger partial charge in [0.15, 0.2) is 5.82 Å². The molecule has 0 radical (unpaired) electrons. The fourth-order valence-corrected chi connectivity index (χ4v) is 2.73. The van der Waals surface area contributed by atoms with Crippen molar-refractivity contribution in [3.05, 3.63) is 83.0 Å². The molecule has 0 aliphatic heterocycles. The monoisotopic (exact) mass is 395 g/mol. The average Bonchev–Trinajstić information content (AvgIpc) is 3.11. The molecular formula is C21H18ClN3O3. The SMILES string of the molecule is CCOC(=O)c1cnn(-c2ccccc2)c1NC(=O)C=Cc1cccc(Cl)c1. The molecule has 1 N–H and O–H groups in total. The molecule has 0 aliphatic rings. The number of benzene rings is 2. The highest BCUT2D eigenvalue weighted by molar-refractivity contribution is 6.30. The van der Waals surface area contributed by atoms with Gasteiger partial charge in [-0.1, -0.05) is 41.9 Å². The highest BCUT2D eigenvalue weighted by Gasteiger charge is 2.20. The van der Waals surface area contributed by atoms with Gasteiger partial charge in [-0.25, -0.2) is 9.48 Å². The number of hydrogen-bond donors (Lipinski definition) is 1. The van der Waals surface area contributed by atoms with E-state index in [-0.39, 0.29) is 18.0 Å². The minimum absolute atomic E-state index is 0.176. The Kier molecular flexibility index (Phi) is 6.24. The van der Waals surface area contributed by atoms with E-state index in [1.165, 1.54) is 17.0 Å². The highest BCUT2D eigenvalue weighted by atomic mass is 35.5. The van der Waals surface area contributed by atoms with Gasteiger partial charge in [-0.2, -0.15) is 5.10 Å². The zero-order valence-electron chi connectivity index (χ0n) is 15.1. The Bertz CT molecular complexity index is 1010. The molecule has 1 amide bonds. The van der Waals surface area contributed by atoms with Gasteiger partial charge in [-0.05, 0) is 42.8 Å². The topological polar surface area (TPSA) is 73.2 Å². The maximum absolute atomic E-state index is 12.5. The van der Waals surface area contributed by atoms with Gasteiger partial charge in [0.2, 0.25) is 5.91 Å². The summed E-state index contributed by atoms with van der Waals surface area (Å²) in [5.74, 6) is -0.729. The Morgan fingerprint density at radius 3 is 2.68 bits per heavy atom. The zero-order chi connectivity index (χ0) is 19.9. The third kappa shape index (κ3) is 4.66. The first-order chi connectivity index (χ1) is 13.6. The third-order valence-electron chi connectivity index (χ3n) is 3.78. The molecule has 1 heterocycles. The van der Waals surface area contributed by atoms with E-state index in [1.807, 2.05) is 36.4 Å². The second-order valence-corrected chi connectivity index (χ2v) is 6.19. The Morgan fingerprint density at radius 2 is 1.96 bits per heavy atom. The van der Waals surface area contributed by atoms with E-state index >= 15 is 0 Å². The molecule has 142 valence electrons. The van der Waals surface area contributed by atoms with Crippen LogP contribution in [0.25, 0.3) is 11.8 Å². The Balaban J connectivity index is 1.89. The van der Waals surface area contributed by atoms with Crippen LogP contribution in [-0.4, -0.2) is 28.3 Å². The van der Waals surface area contributed by atoms with E-state index in [9.17, 15) is 9.59 Å². The molecule has 28 heavy (non-hydrogen) atoms.